The number of hydrogen-bond donors (Lipinski definition) is 1. The molecule has 1 aliphatic heterocycles. The molecule has 0 bridgehead atoms. The molecule has 1 fully saturated rings. The molecule has 1 atom stereocenters. The second kappa shape index (κ2) is 7.53. The van der Waals surface area contributed by atoms with Crippen molar-refractivity contribution in [3.63, 3.8) is 0 Å². The summed E-state index contributed by atoms with van der Waals surface area (Å²) in [7, 11) is 1.68. The van der Waals surface area contributed by atoms with Gasteiger partial charge < -0.3 is 14.6 Å². The SMILES string of the molecule is COc1cc(C)ccc1OCCN1CCC2(CC1)c1ccccc1C[C@H]2O. The topological polar surface area (TPSA) is 41.9 Å². The van der Waals surface area contributed by atoms with Gasteiger partial charge in [0.1, 0.15) is 6.61 Å². The maximum Gasteiger partial charge on any atom is 0.161 e. The lowest BCUT2D eigenvalue weighted by atomic mass is 9.72. The highest BCUT2D eigenvalue weighted by atomic mass is 16.5. The van der Waals surface area contributed by atoms with E-state index in [4.69, 9.17) is 9.47 Å². The number of nitrogens with zero attached hydrogens (tertiary/aromatic N) is 1. The third-order valence-electron chi connectivity index (χ3n) is 6.34. The minimum Gasteiger partial charge on any atom is -0.493 e. The highest BCUT2D eigenvalue weighted by molar-refractivity contribution is 5.43. The molecule has 2 aromatic carbocycles. The minimum atomic E-state index is -0.245. The van der Waals surface area contributed by atoms with Gasteiger partial charge in [-0.25, -0.2) is 0 Å². The Morgan fingerprint density at radius 1 is 1.11 bits per heavy atom. The lowest BCUT2D eigenvalue weighted by Gasteiger charge is -2.42. The van der Waals surface area contributed by atoms with Crippen LogP contribution in [0.2, 0.25) is 0 Å². The van der Waals surface area contributed by atoms with Gasteiger partial charge in [-0.05, 0) is 68.1 Å². The Hall–Kier alpha value is -2.04. The van der Waals surface area contributed by atoms with Crippen molar-refractivity contribution in [1.82, 2.24) is 4.90 Å². The lowest BCUT2D eigenvalue weighted by Crippen LogP contribution is -2.48. The second-order valence-corrected chi connectivity index (χ2v) is 7.88. The predicted octanol–water partition coefficient (Wildman–Crippen LogP) is 3.33. The molecule has 0 amide bonds. The number of aliphatic hydroxyl groups is 1. The zero-order chi connectivity index (χ0) is 18.9. The van der Waals surface area contributed by atoms with E-state index < -0.39 is 0 Å². The Morgan fingerprint density at radius 3 is 2.67 bits per heavy atom. The summed E-state index contributed by atoms with van der Waals surface area (Å²) in [6, 6.07) is 14.6. The summed E-state index contributed by atoms with van der Waals surface area (Å²) in [5.74, 6) is 1.59. The fraction of sp³-hybridized carbons (Fsp3) is 0.478. The van der Waals surface area contributed by atoms with Crippen LogP contribution in [0.3, 0.4) is 0 Å². The average Bonchev–Trinajstić information content (AvgIpc) is 2.96. The maximum absolute atomic E-state index is 10.8. The van der Waals surface area contributed by atoms with E-state index in [1.54, 1.807) is 7.11 Å². The van der Waals surface area contributed by atoms with Crippen LogP contribution in [0, 0.1) is 6.92 Å². The van der Waals surface area contributed by atoms with E-state index in [1.165, 1.54) is 11.1 Å². The van der Waals surface area contributed by atoms with Crippen molar-refractivity contribution >= 4 is 0 Å². The molecule has 2 aromatic rings. The van der Waals surface area contributed by atoms with Crippen molar-refractivity contribution < 1.29 is 14.6 Å². The van der Waals surface area contributed by atoms with Crippen LogP contribution in [-0.2, 0) is 11.8 Å². The van der Waals surface area contributed by atoms with Crippen molar-refractivity contribution in [2.45, 2.75) is 37.7 Å². The zero-order valence-corrected chi connectivity index (χ0v) is 16.3. The zero-order valence-electron chi connectivity index (χ0n) is 16.3. The lowest BCUT2D eigenvalue weighted by molar-refractivity contribution is 0.0400. The molecular weight excluding hydrogens is 338 g/mol. The average molecular weight is 367 g/mol. The summed E-state index contributed by atoms with van der Waals surface area (Å²) >= 11 is 0. The van der Waals surface area contributed by atoms with Crippen LogP contribution in [0.15, 0.2) is 42.5 Å². The van der Waals surface area contributed by atoms with Crippen molar-refractivity contribution in [3.05, 3.63) is 59.2 Å². The summed E-state index contributed by atoms with van der Waals surface area (Å²) in [6.45, 7) is 5.58. The fourth-order valence-electron chi connectivity index (χ4n) is 4.72. The Morgan fingerprint density at radius 2 is 1.89 bits per heavy atom. The number of methoxy groups -OCH3 is 1. The van der Waals surface area contributed by atoms with Gasteiger partial charge in [0.2, 0.25) is 0 Å². The van der Waals surface area contributed by atoms with Gasteiger partial charge in [0.05, 0.1) is 13.2 Å². The molecule has 0 saturated carbocycles. The molecule has 4 rings (SSSR count). The molecule has 0 unspecified atom stereocenters. The van der Waals surface area contributed by atoms with E-state index >= 15 is 0 Å². The van der Waals surface area contributed by atoms with Crippen LogP contribution in [0.5, 0.6) is 11.5 Å². The Kier molecular flexibility index (Phi) is 5.11. The molecule has 1 aliphatic carbocycles. The van der Waals surface area contributed by atoms with Gasteiger partial charge in [-0.1, -0.05) is 30.3 Å². The molecule has 0 aromatic heterocycles. The number of benzene rings is 2. The molecule has 1 N–H and O–H groups in total. The van der Waals surface area contributed by atoms with Gasteiger partial charge in [0.25, 0.3) is 0 Å². The standard InChI is InChI=1S/C23H29NO3/c1-17-7-8-20(21(15-17)26-2)27-14-13-24-11-9-23(10-12-24)19-6-4-3-5-18(19)16-22(23)25/h3-8,15,22,25H,9-14,16H2,1-2H3/t22-/m1/s1. The highest BCUT2D eigenvalue weighted by Gasteiger charge is 2.47. The van der Waals surface area contributed by atoms with Gasteiger partial charge >= 0.3 is 0 Å². The van der Waals surface area contributed by atoms with Crippen molar-refractivity contribution in [3.8, 4) is 11.5 Å². The predicted molar refractivity (Wildman–Crippen MR) is 107 cm³/mol. The molecule has 2 aliphatic rings. The molecule has 4 heteroatoms. The number of fused-ring (bicyclic) bond motifs is 2. The molecule has 1 spiro atoms. The molecule has 1 heterocycles. The van der Waals surface area contributed by atoms with E-state index in [-0.39, 0.29) is 11.5 Å². The molecule has 4 nitrogen and oxygen atoms in total. The van der Waals surface area contributed by atoms with Gasteiger partial charge in [-0.15, -0.1) is 0 Å². The molecule has 27 heavy (non-hydrogen) atoms. The first-order chi connectivity index (χ1) is 13.1. The van der Waals surface area contributed by atoms with E-state index in [2.05, 4.69) is 29.2 Å². The van der Waals surface area contributed by atoms with E-state index in [0.29, 0.717) is 6.61 Å². The number of aryl methyl sites for hydroxylation is 1. The molecule has 1 saturated heterocycles. The van der Waals surface area contributed by atoms with Crippen LogP contribution in [-0.4, -0.2) is 49.5 Å². The smallest absolute Gasteiger partial charge is 0.161 e. The first-order valence-corrected chi connectivity index (χ1v) is 9.89. The maximum atomic E-state index is 10.8. The van der Waals surface area contributed by atoms with Crippen molar-refractivity contribution in [2.24, 2.45) is 0 Å². The Labute approximate surface area is 161 Å². The summed E-state index contributed by atoms with van der Waals surface area (Å²) in [5.41, 5.74) is 3.82. The van der Waals surface area contributed by atoms with Gasteiger partial charge in [-0.3, -0.25) is 4.90 Å². The number of aliphatic hydroxyl groups excluding tert-OH is 1. The van der Waals surface area contributed by atoms with E-state index in [9.17, 15) is 5.11 Å². The number of rotatable bonds is 5. The number of likely N-dealkylation sites (tertiary alicyclic amines) is 1. The summed E-state index contributed by atoms with van der Waals surface area (Å²) < 4.78 is 11.4. The van der Waals surface area contributed by atoms with Gasteiger partial charge in [-0.2, -0.15) is 0 Å². The molecular formula is C23H29NO3. The monoisotopic (exact) mass is 367 g/mol. The first kappa shape index (κ1) is 18.3. The number of ether oxygens (including phenoxy) is 2. The fourth-order valence-corrected chi connectivity index (χ4v) is 4.72. The van der Waals surface area contributed by atoms with Crippen molar-refractivity contribution in [1.29, 1.82) is 0 Å². The number of piperidine rings is 1. The van der Waals surface area contributed by atoms with Gasteiger partial charge in [0, 0.05) is 12.0 Å². The first-order valence-electron chi connectivity index (χ1n) is 9.89. The Balaban J connectivity index is 1.33. The minimum absolute atomic E-state index is 0.0475. The molecule has 144 valence electrons. The largest absolute Gasteiger partial charge is 0.493 e. The quantitative estimate of drug-likeness (QED) is 0.880. The van der Waals surface area contributed by atoms with E-state index in [0.717, 1.165) is 56.0 Å². The number of hydrogen-bond acceptors (Lipinski definition) is 4. The summed E-state index contributed by atoms with van der Waals surface area (Å²) in [5, 5.41) is 10.8. The van der Waals surface area contributed by atoms with Crippen LogP contribution >= 0.6 is 0 Å². The van der Waals surface area contributed by atoms with E-state index in [1.807, 2.05) is 25.1 Å². The summed E-state index contributed by atoms with van der Waals surface area (Å²) in [4.78, 5) is 2.44. The van der Waals surface area contributed by atoms with Crippen LogP contribution in [0.4, 0.5) is 0 Å². The van der Waals surface area contributed by atoms with Crippen LogP contribution in [0.25, 0.3) is 0 Å². The third kappa shape index (κ3) is 3.44. The second-order valence-electron chi connectivity index (χ2n) is 7.88. The van der Waals surface area contributed by atoms with Gasteiger partial charge in [0.15, 0.2) is 11.5 Å². The Bertz CT molecular complexity index is 796. The molecule has 0 radical (unpaired) electrons. The van der Waals surface area contributed by atoms with Crippen LogP contribution in [0.1, 0.15) is 29.5 Å². The summed E-state index contributed by atoms with van der Waals surface area (Å²) in [6.07, 6.45) is 2.58. The van der Waals surface area contributed by atoms with Crippen LogP contribution < -0.4 is 9.47 Å². The third-order valence-corrected chi connectivity index (χ3v) is 6.34. The highest BCUT2D eigenvalue weighted by Crippen LogP contribution is 2.46. The van der Waals surface area contributed by atoms with Crippen molar-refractivity contribution in [2.75, 3.05) is 33.4 Å². The normalized spacial score (nSPS) is 21.2.